The van der Waals surface area contributed by atoms with E-state index in [1.54, 1.807) is 0 Å². The maximum atomic E-state index is 13.2. The minimum absolute atomic E-state index is 0.229. The van der Waals surface area contributed by atoms with Crippen LogP contribution in [0.5, 0.6) is 0 Å². The van der Waals surface area contributed by atoms with E-state index in [9.17, 15) is 52.7 Å². The van der Waals surface area contributed by atoms with Crippen molar-refractivity contribution in [3.8, 4) is 11.1 Å². The summed E-state index contributed by atoms with van der Waals surface area (Å²) in [6, 6.07) is 0.0942. The largest absolute Gasteiger partial charge is 0.417 e. The summed E-state index contributed by atoms with van der Waals surface area (Å²) in [6.45, 7) is 0. The number of alkyl halides is 12. The third-order valence-electron chi connectivity index (χ3n) is 3.58. The molecule has 2 aromatic carbocycles. The van der Waals surface area contributed by atoms with Crippen molar-refractivity contribution in [1.82, 2.24) is 0 Å². The quantitative estimate of drug-likeness (QED) is 0.416. The van der Waals surface area contributed by atoms with Gasteiger partial charge in [0, 0.05) is 5.56 Å². The summed E-state index contributed by atoms with van der Waals surface area (Å²) in [6.07, 6.45) is -21.7. The van der Waals surface area contributed by atoms with Crippen molar-refractivity contribution in [2.24, 2.45) is 0 Å². The number of benzene rings is 2. The monoisotopic (exact) mass is 426 g/mol. The van der Waals surface area contributed by atoms with Gasteiger partial charge in [-0.3, -0.25) is 0 Å². The molecule has 0 saturated carbocycles. The fourth-order valence-electron chi connectivity index (χ4n) is 2.39. The van der Waals surface area contributed by atoms with Gasteiger partial charge in [-0.05, 0) is 29.8 Å². The average Bonchev–Trinajstić information content (AvgIpc) is 2.50. The van der Waals surface area contributed by atoms with Gasteiger partial charge >= 0.3 is 24.7 Å². The van der Waals surface area contributed by atoms with E-state index in [4.69, 9.17) is 0 Å². The van der Waals surface area contributed by atoms with Gasteiger partial charge in [-0.15, -0.1) is 0 Å². The van der Waals surface area contributed by atoms with E-state index in [2.05, 4.69) is 0 Å². The van der Waals surface area contributed by atoms with E-state index < -0.39 is 70.2 Å². The summed E-state index contributed by atoms with van der Waals surface area (Å²) in [5.41, 5.74) is -10.7. The van der Waals surface area contributed by atoms with Crippen LogP contribution < -0.4 is 0 Å². The van der Waals surface area contributed by atoms with E-state index >= 15 is 0 Å². The lowest BCUT2D eigenvalue weighted by molar-refractivity contribution is -0.148. The Bertz CT molecular complexity index is 813. The summed E-state index contributed by atoms with van der Waals surface area (Å²) in [7, 11) is 0. The Morgan fingerprint density at radius 3 is 1.07 bits per heavy atom. The Morgan fingerprint density at radius 1 is 0.429 bits per heavy atom. The second kappa shape index (κ2) is 6.59. The standard InChI is InChI=1S/C16H6F12/c17-13(18,19)8-3-1-7(2-4-8)12-10(15(23,24)25)5-9(14(20,21)22)6-11(12)16(26,27)28/h1-6H. The van der Waals surface area contributed by atoms with Crippen LogP contribution in [0, 0.1) is 0 Å². The highest BCUT2D eigenvalue weighted by molar-refractivity contribution is 5.73. The van der Waals surface area contributed by atoms with Crippen LogP contribution in [-0.4, -0.2) is 0 Å². The van der Waals surface area contributed by atoms with Crippen LogP contribution in [0.3, 0.4) is 0 Å². The van der Waals surface area contributed by atoms with Gasteiger partial charge in [0.2, 0.25) is 0 Å². The van der Waals surface area contributed by atoms with Crippen molar-refractivity contribution in [3.63, 3.8) is 0 Å². The molecule has 0 saturated heterocycles. The van der Waals surface area contributed by atoms with Crippen LogP contribution in [0.1, 0.15) is 22.3 Å². The zero-order valence-electron chi connectivity index (χ0n) is 13.0. The van der Waals surface area contributed by atoms with Crippen LogP contribution in [-0.2, 0) is 24.7 Å². The third kappa shape index (κ3) is 4.53. The zero-order chi connectivity index (χ0) is 21.7. The van der Waals surface area contributed by atoms with Crippen molar-refractivity contribution in [3.05, 3.63) is 58.7 Å². The lowest BCUT2D eigenvalue weighted by Gasteiger charge is -2.22. The molecule has 0 N–H and O–H groups in total. The number of halogens is 12. The Morgan fingerprint density at radius 2 is 0.786 bits per heavy atom. The first-order chi connectivity index (χ1) is 12.4. The fourth-order valence-corrected chi connectivity index (χ4v) is 2.39. The van der Waals surface area contributed by atoms with Crippen LogP contribution in [0.2, 0.25) is 0 Å². The minimum Gasteiger partial charge on any atom is -0.166 e. The molecule has 2 aromatic rings. The first-order valence-electron chi connectivity index (χ1n) is 6.99. The molecule has 0 bridgehead atoms. The summed E-state index contributed by atoms with van der Waals surface area (Å²) < 4.78 is 155. The maximum absolute atomic E-state index is 13.2. The second-order valence-electron chi connectivity index (χ2n) is 5.51. The summed E-state index contributed by atoms with van der Waals surface area (Å²) in [4.78, 5) is 0. The molecular formula is C16H6F12. The van der Waals surface area contributed by atoms with Crippen LogP contribution in [0.4, 0.5) is 52.7 Å². The topological polar surface area (TPSA) is 0 Å². The molecule has 0 fully saturated rings. The van der Waals surface area contributed by atoms with Gasteiger partial charge in [0.1, 0.15) is 0 Å². The van der Waals surface area contributed by atoms with Crippen molar-refractivity contribution < 1.29 is 52.7 Å². The van der Waals surface area contributed by atoms with Crippen LogP contribution in [0.15, 0.2) is 36.4 Å². The summed E-state index contributed by atoms with van der Waals surface area (Å²) in [5, 5.41) is 0. The first-order valence-corrected chi connectivity index (χ1v) is 6.99. The number of rotatable bonds is 1. The molecule has 0 nitrogen and oxygen atoms in total. The average molecular weight is 426 g/mol. The van der Waals surface area contributed by atoms with Gasteiger partial charge in [-0.2, -0.15) is 52.7 Å². The van der Waals surface area contributed by atoms with E-state index in [1.807, 2.05) is 0 Å². The Kier molecular flexibility index (Phi) is 5.15. The first kappa shape index (κ1) is 21.9. The minimum atomic E-state index is -5.64. The molecule has 0 aromatic heterocycles. The highest BCUT2D eigenvalue weighted by atomic mass is 19.4. The van der Waals surface area contributed by atoms with Gasteiger partial charge in [0.05, 0.1) is 22.3 Å². The number of hydrogen-bond donors (Lipinski definition) is 0. The molecular weight excluding hydrogens is 420 g/mol. The normalized spacial score (nSPS) is 13.7. The predicted octanol–water partition coefficient (Wildman–Crippen LogP) is 7.43. The smallest absolute Gasteiger partial charge is 0.166 e. The van der Waals surface area contributed by atoms with E-state index in [0.717, 1.165) is 0 Å². The highest BCUT2D eigenvalue weighted by Gasteiger charge is 2.45. The van der Waals surface area contributed by atoms with Crippen LogP contribution in [0.25, 0.3) is 11.1 Å². The molecule has 0 aliphatic carbocycles. The van der Waals surface area contributed by atoms with Crippen LogP contribution >= 0.6 is 0 Å². The zero-order valence-corrected chi connectivity index (χ0v) is 13.0. The lowest BCUT2D eigenvalue weighted by Crippen LogP contribution is -2.18. The molecule has 0 spiro atoms. The maximum Gasteiger partial charge on any atom is 0.417 e. The van der Waals surface area contributed by atoms with Crippen molar-refractivity contribution in [2.45, 2.75) is 24.7 Å². The van der Waals surface area contributed by atoms with Gasteiger partial charge in [-0.25, -0.2) is 0 Å². The Labute approximate surface area is 148 Å². The van der Waals surface area contributed by atoms with Gasteiger partial charge in [-0.1, -0.05) is 12.1 Å². The molecule has 0 heterocycles. The molecule has 0 radical (unpaired) electrons. The summed E-state index contributed by atoms with van der Waals surface area (Å²) in [5.74, 6) is 0. The molecule has 12 heteroatoms. The van der Waals surface area contributed by atoms with Gasteiger partial charge in [0.15, 0.2) is 0 Å². The SMILES string of the molecule is FC(F)(F)c1ccc(-c2c(C(F)(F)F)cc(C(F)(F)F)cc2C(F)(F)F)cc1. The van der Waals surface area contributed by atoms with E-state index in [0.29, 0.717) is 12.1 Å². The summed E-state index contributed by atoms with van der Waals surface area (Å²) >= 11 is 0. The molecule has 0 amide bonds. The Hall–Kier alpha value is -2.40. The molecule has 154 valence electrons. The van der Waals surface area contributed by atoms with E-state index in [-0.39, 0.29) is 12.1 Å². The molecule has 28 heavy (non-hydrogen) atoms. The van der Waals surface area contributed by atoms with E-state index in [1.165, 1.54) is 0 Å². The molecule has 0 aliphatic rings. The number of hydrogen-bond acceptors (Lipinski definition) is 0. The van der Waals surface area contributed by atoms with Crippen molar-refractivity contribution in [2.75, 3.05) is 0 Å². The molecule has 0 atom stereocenters. The molecule has 0 unspecified atom stereocenters. The van der Waals surface area contributed by atoms with Crippen molar-refractivity contribution in [1.29, 1.82) is 0 Å². The van der Waals surface area contributed by atoms with Crippen molar-refractivity contribution >= 4 is 0 Å². The molecule has 2 rings (SSSR count). The lowest BCUT2D eigenvalue weighted by atomic mass is 9.90. The fraction of sp³-hybridized carbons (Fsp3) is 0.250. The molecule has 0 aliphatic heterocycles. The Balaban J connectivity index is 2.88. The highest BCUT2D eigenvalue weighted by Crippen LogP contribution is 2.47. The predicted molar refractivity (Wildman–Crippen MR) is 71.9 cm³/mol. The third-order valence-corrected chi connectivity index (χ3v) is 3.58. The second-order valence-corrected chi connectivity index (χ2v) is 5.51. The van der Waals surface area contributed by atoms with Gasteiger partial charge < -0.3 is 0 Å². The van der Waals surface area contributed by atoms with Gasteiger partial charge in [0.25, 0.3) is 0 Å².